The number of hydrogen-bond donors (Lipinski definition) is 0. The van der Waals surface area contributed by atoms with E-state index >= 15 is 0 Å². The molecule has 2 heterocycles. The van der Waals surface area contributed by atoms with E-state index in [1.807, 2.05) is 62.4 Å². The fraction of sp³-hybridized carbons (Fsp3) is 0.353. The summed E-state index contributed by atoms with van der Waals surface area (Å²) in [6.45, 7) is 8.85. The van der Waals surface area contributed by atoms with E-state index in [0.29, 0.717) is 65.0 Å². The third-order valence-electron chi connectivity index (χ3n) is 7.56. The van der Waals surface area contributed by atoms with Crippen LogP contribution in [0.15, 0.2) is 57.7 Å². The molecule has 0 spiro atoms. The molecule has 0 fully saturated rings. The number of ether oxygens (including phenoxy) is 4. The second kappa shape index (κ2) is 11.8. The first-order chi connectivity index (χ1) is 20.2. The maximum Gasteiger partial charge on any atom is 0.290 e. The number of amides is 1. The second-order valence-corrected chi connectivity index (χ2v) is 11.1. The summed E-state index contributed by atoms with van der Waals surface area (Å²) >= 11 is 0. The highest BCUT2D eigenvalue weighted by molar-refractivity contribution is 5.99. The third kappa shape index (κ3) is 5.29. The number of fused-ring (bicyclic) bond motifs is 2. The Balaban J connectivity index is 1.62. The first kappa shape index (κ1) is 29.0. The van der Waals surface area contributed by atoms with Crippen LogP contribution in [-0.4, -0.2) is 45.3 Å². The Morgan fingerprint density at radius 1 is 0.857 bits per heavy atom. The van der Waals surface area contributed by atoms with Gasteiger partial charge in [-0.3, -0.25) is 9.59 Å². The molecule has 0 saturated carbocycles. The average Bonchev–Trinajstić information content (AvgIpc) is 3.26. The van der Waals surface area contributed by atoms with Crippen LogP contribution in [0.3, 0.4) is 0 Å². The highest BCUT2D eigenvalue weighted by Crippen LogP contribution is 2.41. The van der Waals surface area contributed by atoms with Gasteiger partial charge in [0.05, 0.1) is 44.9 Å². The second-order valence-electron chi connectivity index (χ2n) is 11.1. The predicted octanol–water partition coefficient (Wildman–Crippen LogP) is 6.26. The van der Waals surface area contributed by atoms with E-state index in [4.69, 9.17) is 23.4 Å². The van der Waals surface area contributed by atoms with Crippen LogP contribution in [0, 0.1) is 19.8 Å². The lowest BCUT2D eigenvalue weighted by Gasteiger charge is -2.26. The Bertz CT molecular complexity index is 1700. The van der Waals surface area contributed by atoms with Crippen molar-refractivity contribution in [2.45, 2.75) is 40.2 Å². The number of aryl methyl sites for hydroxylation is 2. The zero-order valence-corrected chi connectivity index (χ0v) is 25.2. The number of carbonyl (C=O) groups excluding carboxylic acids is 1. The Morgan fingerprint density at radius 2 is 1.55 bits per heavy atom. The molecule has 42 heavy (non-hydrogen) atoms. The summed E-state index contributed by atoms with van der Waals surface area (Å²) < 4.78 is 28.7. The van der Waals surface area contributed by atoms with Crippen molar-refractivity contribution in [1.82, 2.24) is 4.90 Å². The van der Waals surface area contributed by atoms with Crippen LogP contribution in [0.5, 0.6) is 23.0 Å². The summed E-state index contributed by atoms with van der Waals surface area (Å²) in [5, 5.41) is 0.467. The molecule has 0 saturated heterocycles. The van der Waals surface area contributed by atoms with E-state index in [-0.39, 0.29) is 17.1 Å². The fourth-order valence-corrected chi connectivity index (χ4v) is 5.57. The third-order valence-corrected chi connectivity index (χ3v) is 7.56. The molecule has 0 N–H and O–H groups in total. The molecule has 1 aliphatic rings. The molecule has 1 amide bonds. The van der Waals surface area contributed by atoms with Gasteiger partial charge in [-0.15, -0.1) is 0 Å². The first-order valence-corrected chi connectivity index (χ1v) is 14.1. The summed E-state index contributed by atoms with van der Waals surface area (Å²) in [7, 11) is 4.76. The fourth-order valence-electron chi connectivity index (χ4n) is 5.57. The van der Waals surface area contributed by atoms with Gasteiger partial charge in [-0.05, 0) is 78.8 Å². The lowest BCUT2D eigenvalue weighted by molar-refractivity contribution is 0.0729. The van der Waals surface area contributed by atoms with Crippen LogP contribution in [0.2, 0.25) is 0 Å². The molecule has 1 aliphatic heterocycles. The van der Waals surface area contributed by atoms with E-state index in [1.54, 1.807) is 26.2 Å². The van der Waals surface area contributed by atoms with Gasteiger partial charge in [-0.25, -0.2) is 0 Å². The molecule has 8 heteroatoms. The van der Waals surface area contributed by atoms with Crippen molar-refractivity contribution >= 4 is 16.9 Å². The van der Waals surface area contributed by atoms with Crippen molar-refractivity contribution in [2.24, 2.45) is 5.92 Å². The zero-order chi connectivity index (χ0) is 30.1. The van der Waals surface area contributed by atoms with Crippen LogP contribution in [-0.2, 0) is 6.42 Å². The van der Waals surface area contributed by atoms with Gasteiger partial charge in [0.15, 0.2) is 28.4 Å². The lowest BCUT2D eigenvalue weighted by atomic mass is 9.96. The zero-order valence-electron chi connectivity index (χ0n) is 25.2. The summed E-state index contributed by atoms with van der Waals surface area (Å²) in [4.78, 5) is 29.8. The van der Waals surface area contributed by atoms with Crippen molar-refractivity contribution < 1.29 is 28.2 Å². The molecular weight excluding hydrogens is 534 g/mol. The molecule has 0 bridgehead atoms. The molecule has 3 aromatic carbocycles. The van der Waals surface area contributed by atoms with Gasteiger partial charge in [-0.2, -0.15) is 0 Å². The molecule has 0 aliphatic carbocycles. The van der Waals surface area contributed by atoms with Gasteiger partial charge in [0.2, 0.25) is 5.76 Å². The number of benzene rings is 3. The van der Waals surface area contributed by atoms with Gasteiger partial charge in [0.25, 0.3) is 5.91 Å². The monoisotopic (exact) mass is 571 g/mol. The minimum atomic E-state index is -0.665. The summed E-state index contributed by atoms with van der Waals surface area (Å²) in [6, 6.07) is 14.4. The largest absolute Gasteiger partial charge is 0.493 e. The first-order valence-electron chi connectivity index (χ1n) is 14.1. The predicted molar refractivity (Wildman–Crippen MR) is 161 cm³/mol. The maximum atomic E-state index is 14.1. The van der Waals surface area contributed by atoms with Crippen molar-refractivity contribution in [1.29, 1.82) is 0 Å². The van der Waals surface area contributed by atoms with Crippen LogP contribution < -0.4 is 24.4 Å². The van der Waals surface area contributed by atoms with Crippen molar-refractivity contribution in [2.75, 3.05) is 34.5 Å². The van der Waals surface area contributed by atoms with Crippen LogP contribution >= 0.6 is 0 Å². The highest BCUT2D eigenvalue weighted by atomic mass is 16.5. The molecule has 4 aromatic rings. The van der Waals surface area contributed by atoms with Crippen molar-refractivity contribution in [3.8, 4) is 23.0 Å². The van der Waals surface area contributed by atoms with Gasteiger partial charge < -0.3 is 28.3 Å². The standard InChI is InChI=1S/C34H37NO7/c1-19(2)18-41-26-11-9-23(17-28(26)40-7)30-29-31(36)24-15-20(3)14-21(4)32(24)42-33(29)34(37)35(30)13-12-22-8-10-25(38-5)27(16-22)39-6/h8-11,14-17,19,30H,12-13,18H2,1-7H3. The topological polar surface area (TPSA) is 87.4 Å². The van der Waals surface area contributed by atoms with Crippen LogP contribution in [0.25, 0.3) is 11.0 Å². The number of nitrogens with zero attached hydrogens (tertiary/aromatic N) is 1. The van der Waals surface area contributed by atoms with E-state index in [1.165, 1.54) is 0 Å². The number of rotatable bonds is 10. The van der Waals surface area contributed by atoms with Crippen molar-refractivity contribution in [3.63, 3.8) is 0 Å². The summed E-state index contributed by atoms with van der Waals surface area (Å²) in [5.41, 5.74) is 4.03. The quantitative estimate of drug-likeness (QED) is 0.222. The number of hydrogen-bond acceptors (Lipinski definition) is 7. The average molecular weight is 572 g/mol. The van der Waals surface area contributed by atoms with E-state index in [9.17, 15) is 9.59 Å². The molecule has 5 rings (SSSR count). The van der Waals surface area contributed by atoms with Gasteiger partial charge in [0.1, 0.15) is 5.58 Å². The lowest BCUT2D eigenvalue weighted by Crippen LogP contribution is -2.31. The molecular formula is C34H37NO7. The summed E-state index contributed by atoms with van der Waals surface area (Å²) in [5.74, 6) is 2.47. The Labute approximate surface area is 245 Å². The minimum Gasteiger partial charge on any atom is -0.493 e. The molecule has 1 atom stereocenters. The highest BCUT2D eigenvalue weighted by Gasteiger charge is 2.43. The van der Waals surface area contributed by atoms with Gasteiger partial charge >= 0.3 is 0 Å². The Morgan fingerprint density at radius 3 is 2.24 bits per heavy atom. The molecule has 8 nitrogen and oxygen atoms in total. The van der Waals surface area contributed by atoms with Crippen LogP contribution in [0.4, 0.5) is 0 Å². The minimum absolute atomic E-state index is 0.0795. The number of methoxy groups -OCH3 is 3. The van der Waals surface area contributed by atoms with Gasteiger partial charge in [-0.1, -0.05) is 32.0 Å². The molecule has 0 radical (unpaired) electrons. The summed E-state index contributed by atoms with van der Waals surface area (Å²) in [6.07, 6.45) is 0.523. The number of carbonyl (C=O) groups is 1. The molecule has 220 valence electrons. The Hall–Kier alpha value is -4.46. The smallest absolute Gasteiger partial charge is 0.290 e. The maximum absolute atomic E-state index is 14.1. The Kier molecular flexibility index (Phi) is 8.16. The van der Waals surface area contributed by atoms with Crippen molar-refractivity contribution in [3.05, 3.63) is 92.3 Å². The molecule has 1 unspecified atom stereocenters. The van der Waals surface area contributed by atoms with E-state index < -0.39 is 6.04 Å². The normalized spacial score (nSPS) is 14.4. The van der Waals surface area contributed by atoms with Gasteiger partial charge in [0, 0.05) is 6.54 Å². The van der Waals surface area contributed by atoms with E-state index in [0.717, 1.165) is 22.3 Å². The SMILES string of the molecule is COc1ccc(CCN2C(=O)c3oc4c(C)cc(C)cc4c(=O)c3C2c2ccc(OCC(C)C)c(OC)c2)cc1OC. The van der Waals surface area contributed by atoms with Crippen LogP contribution in [0.1, 0.15) is 58.3 Å². The molecule has 1 aromatic heterocycles. The van der Waals surface area contributed by atoms with E-state index in [2.05, 4.69) is 13.8 Å².